The molecule has 0 aliphatic carbocycles. The van der Waals surface area contributed by atoms with Gasteiger partial charge < -0.3 is 25.0 Å². The van der Waals surface area contributed by atoms with Crippen LogP contribution in [0.2, 0.25) is 0 Å². The quantitative estimate of drug-likeness (QED) is 0.277. The Bertz CT molecular complexity index is 1350. The van der Waals surface area contributed by atoms with Gasteiger partial charge >= 0.3 is 0 Å². The normalized spacial score (nSPS) is 10.9. The van der Waals surface area contributed by atoms with Crippen LogP contribution in [0.1, 0.15) is 33.4 Å². The van der Waals surface area contributed by atoms with Gasteiger partial charge in [-0.2, -0.15) is 0 Å². The van der Waals surface area contributed by atoms with Crippen molar-refractivity contribution in [2.75, 3.05) is 4.90 Å². The average Bonchev–Trinajstić information content (AvgIpc) is 2.81. The lowest BCUT2D eigenvalue weighted by Crippen LogP contribution is -2.13. The van der Waals surface area contributed by atoms with Crippen LogP contribution in [0.3, 0.4) is 0 Å². The molecule has 0 radical (unpaired) electrons. The van der Waals surface area contributed by atoms with Crippen LogP contribution in [-0.4, -0.2) is 15.3 Å². The molecule has 0 saturated carbocycles. The molecule has 0 heterocycles. The molecule has 180 valence electrons. The Hall–Kier alpha value is -4.12. The highest BCUT2D eigenvalue weighted by atomic mass is 16.5. The first-order valence-corrected chi connectivity index (χ1v) is 11.5. The molecule has 0 amide bonds. The minimum atomic E-state index is 0.0931. The summed E-state index contributed by atoms with van der Waals surface area (Å²) in [4.78, 5) is 2.03. The van der Waals surface area contributed by atoms with Gasteiger partial charge in [0.2, 0.25) is 0 Å². The zero-order chi connectivity index (χ0) is 25.4. The van der Waals surface area contributed by atoms with Crippen molar-refractivity contribution in [3.63, 3.8) is 0 Å². The molecule has 4 aromatic carbocycles. The van der Waals surface area contributed by atoms with Crippen molar-refractivity contribution in [2.45, 2.75) is 41.5 Å². The van der Waals surface area contributed by atoms with Gasteiger partial charge in [-0.25, -0.2) is 0 Å². The second-order valence-corrected chi connectivity index (χ2v) is 9.10. The third-order valence-corrected chi connectivity index (χ3v) is 6.70. The number of anilines is 3. The van der Waals surface area contributed by atoms with Crippen molar-refractivity contribution in [3.8, 4) is 28.7 Å². The van der Waals surface area contributed by atoms with E-state index in [0.29, 0.717) is 11.5 Å². The Morgan fingerprint density at radius 2 is 1.09 bits per heavy atom. The standard InChI is InChI=1S/C30H31NO4/c1-17-7-12-29(34)30(22(17)6)35-26-10-8-23(9-11-26)31(27-15-24(32)13-18(2)20(27)4)28-16-25(33)14-19(3)21(28)5/h7-16,32-34H,1-6H3. The number of phenolic OH excluding ortho intramolecular Hbond substituents is 3. The van der Waals surface area contributed by atoms with E-state index in [0.717, 1.165) is 50.4 Å². The van der Waals surface area contributed by atoms with Gasteiger partial charge in [-0.3, -0.25) is 0 Å². The van der Waals surface area contributed by atoms with Gasteiger partial charge in [-0.1, -0.05) is 6.07 Å². The van der Waals surface area contributed by atoms with Crippen molar-refractivity contribution >= 4 is 17.1 Å². The molecule has 0 aromatic heterocycles. The Balaban J connectivity index is 1.84. The van der Waals surface area contributed by atoms with E-state index in [-0.39, 0.29) is 17.2 Å². The van der Waals surface area contributed by atoms with E-state index in [2.05, 4.69) is 0 Å². The average molecular weight is 470 g/mol. The zero-order valence-corrected chi connectivity index (χ0v) is 21.0. The summed E-state index contributed by atoms with van der Waals surface area (Å²) in [5, 5.41) is 31.1. The van der Waals surface area contributed by atoms with Crippen LogP contribution < -0.4 is 9.64 Å². The molecule has 0 aliphatic heterocycles. The minimum absolute atomic E-state index is 0.0931. The highest BCUT2D eigenvalue weighted by Gasteiger charge is 2.20. The summed E-state index contributed by atoms with van der Waals surface area (Å²) in [6.07, 6.45) is 0. The first-order valence-electron chi connectivity index (χ1n) is 11.5. The summed E-state index contributed by atoms with van der Waals surface area (Å²) in [7, 11) is 0. The van der Waals surface area contributed by atoms with Crippen molar-refractivity contribution in [1.82, 2.24) is 0 Å². The second-order valence-electron chi connectivity index (χ2n) is 9.10. The number of ether oxygens (including phenoxy) is 1. The highest BCUT2D eigenvalue weighted by molar-refractivity contribution is 5.82. The molecule has 35 heavy (non-hydrogen) atoms. The zero-order valence-electron chi connectivity index (χ0n) is 21.0. The molecule has 4 aromatic rings. The Morgan fingerprint density at radius 1 is 0.571 bits per heavy atom. The van der Waals surface area contributed by atoms with Crippen LogP contribution in [0.4, 0.5) is 17.1 Å². The van der Waals surface area contributed by atoms with E-state index in [1.165, 1.54) is 0 Å². The topological polar surface area (TPSA) is 73.2 Å². The first-order chi connectivity index (χ1) is 16.6. The van der Waals surface area contributed by atoms with Crippen LogP contribution in [0.25, 0.3) is 0 Å². The Labute approximate surface area is 206 Å². The lowest BCUT2D eigenvalue weighted by atomic mass is 10.0. The van der Waals surface area contributed by atoms with Gasteiger partial charge in [0.1, 0.15) is 17.2 Å². The molecule has 0 atom stereocenters. The summed E-state index contributed by atoms with van der Waals surface area (Å²) < 4.78 is 6.04. The van der Waals surface area contributed by atoms with Crippen LogP contribution in [0, 0.1) is 41.5 Å². The monoisotopic (exact) mass is 469 g/mol. The maximum Gasteiger partial charge on any atom is 0.172 e. The number of hydrogen-bond acceptors (Lipinski definition) is 5. The minimum Gasteiger partial charge on any atom is -0.508 e. The first kappa shape index (κ1) is 24.0. The van der Waals surface area contributed by atoms with Crippen LogP contribution in [0.5, 0.6) is 28.7 Å². The molecule has 5 nitrogen and oxygen atoms in total. The molecule has 0 saturated heterocycles. The molecule has 5 heteroatoms. The largest absolute Gasteiger partial charge is 0.508 e. The van der Waals surface area contributed by atoms with Gasteiger partial charge in [0.15, 0.2) is 11.5 Å². The van der Waals surface area contributed by atoms with Crippen LogP contribution >= 0.6 is 0 Å². The maximum absolute atomic E-state index is 10.4. The third-order valence-electron chi connectivity index (χ3n) is 6.70. The molecule has 0 spiro atoms. The fraction of sp³-hybridized carbons (Fsp3) is 0.200. The van der Waals surface area contributed by atoms with Gasteiger partial charge in [-0.15, -0.1) is 0 Å². The van der Waals surface area contributed by atoms with Crippen molar-refractivity contribution in [2.24, 2.45) is 0 Å². The Morgan fingerprint density at radius 3 is 1.60 bits per heavy atom. The number of benzene rings is 4. The smallest absolute Gasteiger partial charge is 0.172 e. The predicted molar refractivity (Wildman–Crippen MR) is 141 cm³/mol. The molecule has 0 unspecified atom stereocenters. The lowest BCUT2D eigenvalue weighted by molar-refractivity contribution is 0.408. The number of aryl methyl sites for hydroxylation is 3. The number of rotatable bonds is 5. The van der Waals surface area contributed by atoms with Crippen molar-refractivity contribution in [3.05, 3.63) is 94.0 Å². The molecule has 4 rings (SSSR count). The fourth-order valence-electron chi connectivity index (χ4n) is 4.20. The highest BCUT2D eigenvalue weighted by Crippen LogP contribution is 2.43. The predicted octanol–water partition coefficient (Wildman–Crippen LogP) is 7.92. The molecule has 3 N–H and O–H groups in total. The van der Waals surface area contributed by atoms with E-state index in [1.54, 1.807) is 30.3 Å². The molecule has 0 fully saturated rings. The summed E-state index contributed by atoms with van der Waals surface area (Å²) in [6, 6.07) is 18.0. The van der Waals surface area contributed by atoms with E-state index in [1.807, 2.05) is 76.8 Å². The van der Waals surface area contributed by atoms with Crippen LogP contribution in [-0.2, 0) is 0 Å². The molecule has 0 aliphatic rings. The van der Waals surface area contributed by atoms with Gasteiger partial charge in [0, 0.05) is 17.8 Å². The van der Waals surface area contributed by atoms with E-state index in [9.17, 15) is 15.3 Å². The Kier molecular flexibility index (Phi) is 6.35. The van der Waals surface area contributed by atoms with Crippen molar-refractivity contribution < 1.29 is 20.1 Å². The van der Waals surface area contributed by atoms with Crippen molar-refractivity contribution in [1.29, 1.82) is 0 Å². The summed E-state index contributed by atoms with van der Waals surface area (Å²) in [5.74, 6) is 1.47. The SMILES string of the molecule is Cc1cc(O)cc(N(c2ccc(Oc3c(O)ccc(C)c3C)cc2)c2cc(O)cc(C)c2C)c1C. The summed E-state index contributed by atoms with van der Waals surface area (Å²) in [6.45, 7) is 11.9. The van der Waals surface area contributed by atoms with E-state index < -0.39 is 0 Å². The summed E-state index contributed by atoms with van der Waals surface area (Å²) >= 11 is 0. The van der Waals surface area contributed by atoms with Gasteiger partial charge in [-0.05, 0) is 117 Å². The number of aromatic hydroxyl groups is 3. The maximum atomic E-state index is 10.4. The molecule has 0 bridgehead atoms. The number of phenols is 3. The van der Waals surface area contributed by atoms with Gasteiger partial charge in [0.25, 0.3) is 0 Å². The molecular weight excluding hydrogens is 438 g/mol. The van der Waals surface area contributed by atoms with E-state index >= 15 is 0 Å². The lowest BCUT2D eigenvalue weighted by Gasteiger charge is -2.30. The summed E-state index contributed by atoms with van der Waals surface area (Å²) in [5.41, 5.74) is 8.34. The third kappa shape index (κ3) is 4.62. The van der Waals surface area contributed by atoms with Crippen LogP contribution in [0.15, 0.2) is 60.7 Å². The van der Waals surface area contributed by atoms with E-state index in [4.69, 9.17) is 4.74 Å². The molecular formula is C30H31NO4. The van der Waals surface area contributed by atoms with Gasteiger partial charge in [0.05, 0.1) is 11.4 Å². The fourth-order valence-corrected chi connectivity index (χ4v) is 4.20. The second kappa shape index (κ2) is 9.26. The number of hydrogen-bond donors (Lipinski definition) is 3. The number of nitrogens with zero attached hydrogens (tertiary/aromatic N) is 1.